The summed E-state index contributed by atoms with van der Waals surface area (Å²) in [5.41, 5.74) is 4.45. The van der Waals surface area contributed by atoms with E-state index >= 15 is 0 Å². The first-order valence-electron chi connectivity index (χ1n) is 6.24. The maximum Gasteiger partial charge on any atom is 0.399 e. The first-order valence-corrected chi connectivity index (χ1v) is 6.24. The van der Waals surface area contributed by atoms with Gasteiger partial charge in [-0.2, -0.15) is 0 Å². The number of rotatable bonds is 4. The molecule has 0 aliphatic carbocycles. The number of benzene rings is 1. The van der Waals surface area contributed by atoms with E-state index in [9.17, 15) is 29.6 Å². The zero-order valence-electron chi connectivity index (χ0n) is 11.4. The molecule has 122 valence electrons. The summed E-state index contributed by atoms with van der Waals surface area (Å²) in [4.78, 5) is 44.0. The number of nitro benzene ring substituents is 1. The molecule has 11 heteroatoms. The smallest absolute Gasteiger partial charge is 0.399 e. The summed E-state index contributed by atoms with van der Waals surface area (Å²) < 4.78 is 8.98. The normalized spacial score (nSPS) is 19.6. The number of aliphatic hydroxyl groups excluding tert-OH is 1. The molecule has 3 N–H and O–H groups in total. The number of hydrazine groups is 1. The fourth-order valence-corrected chi connectivity index (χ4v) is 1.64. The third kappa shape index (κ3) is 3.91. The molecule has 0 bridgehead atoms. The number of aliphatic hydroxyl groups is 1. The van der Waals surface area contributed by atoms with Crippen LogP contribution in [0.15, 0.2) is 24.3 Å². The van der Waals surface area contributed by atoms with E-state index in [-0.39, 0.29) is 18.0 Å². The average Bonchev–Trinajstić information content (AvgIpc) is 2.84. The van der Waals surface area contributed by atoms with Crippen molar-refractivity contribution in [3.05, 3.63) is 34.4 Å². The summed E-state index contributed by atoms with van der Waals surface area (Å²) in [5, 5.41) is 19.8. The zero-order chi connectivity index (χ0) is 17.0. The Morgan fingerprint density at radius 3 is 2.52 bits per heavy atom. The van der Waals surface area contributed by atoms with Crippen molar-refractivity contribution in [2.24, 2.45) is 0 Å². The van der Waals surface area contributed by atoms with Gasteiger partial charge in [0.15, 0.2) is 0 Å². The number of hydrogen-bond acceptors (Lipinski definition) is 9. The van der Waals surface area contributed by atoms with Gasteiger partial charge in [0.1, 0.15) is 12.7 Å². The van der Waals surface area contributed by atoms with Gasteiger partial charge in [0.25, 0.3) is 5.69 Å². The first kappa shape index (κ1) is 16.2. The number of carbonyl (C=O) groups is 3. The number of cyclic esters (lactones) is 1. The second kappa shape index (κ2) is 6.70. The topological polar surface area (TPSA) is 157 Å². The standard InChI is InChI=1S/C12H11N3O8/c16-8-5-22-11(18)9(8)23-12(19)10(17)14-13-6-1-3-7(4-2-6)15(20)21/h1-4,8-9,13,16H,5H2,(H,14,17)/t8-,9+/m0/s1. The number of nitro groups is 1. The summed E-state index contributed by atoms with van der Waals surface area (Å²) in [6, 6.07) is 5.00. The van der Waals surface area contributed by atoms with E-state index in [0.29, 0.717) is 0 Å². The van der Waals surface area contributed by atoms with Crippen LogP contribution in [-0.2, 0) is 23.9 Å². The molecule has 2 rings (SSSR count). The Morgan fingerprint density at radius 2 is 2.00 bits per heavy atom. The summed E-state index contributed by atoms with van der Waals surface area (Å²) in [7, 11) is 0. The number of carbonyl (C=O) groups excluding carboxylic acids is 3. The number of hydrogen-bond donors (Lipinski definition) is 3. The van der Waals surface area contributed by atoms with Crippen LogP contribution in [0.2, 0.25) is 0 Å². The van der Waals surface area contributed by atoms with Gasteiger partial charge in [-0.15, -0.1) is 0 Å². The van der Waals surface area contributed by atoms with E-state index in [0.717, 1.165) is 0 Å². The Kier molecular flexibility index (Phi) is 4.71. The van der Waals surface area contributed by atoms with Gasteiger partial charge in [0.05, 0.1) is 10.6 Å². The number of ether oxygens (including phenoxy) is 2. The van der Waals surface area contributed by atoms with Crippen LogP contribution in [0.1, 0.15) is 0 Å². The number of nitrogens with one attached hydrogen (secondary N) is 2. The molecule has 0 radical (unpaired) electrons. The van der Waals surface area contributed by atoms with Crippen molar-refractivity contribution in [3.8, 4) is 0 Å². The van der Waals surface area contributed by atoms with Crippen molar-refractivity contribution in [1.82, 2.24) is 5.43 Å². The predicted molar refractivity (Wildman–Crippen MR) is 71.7 cm³/mol. The Labute approximate surface area is 128 Å². The molecule has 1 aliphatic heterocycles. The van der Waals surface area contributed by atoms with Crippen LogP contribution in [-0.4, -0.2) is 46.7 Å². The van der Waals surface area contributed by atoms with Crippen molar-refractivity contribution in [2.45, 2.75) is 12.2 Å². The maximum absolute atomic E-state index is 11.5. The fraction of sp³-hybridized carbons (Fsp3) is 0.250. The Morgan fingerprint density at radius 1 is 1.35 bits per heavy atom. The summed E-state index contributed by atoms with van der Waals surface area (Å²) in [6.07, 6.45) is -2.88. The monoisotopic (exact) mass is 325 g/mol. The number of amides is 1. The van der Waals surface area contributed by atoms with Crippen molar-refractivity contribution in [3.63, 3.8) is 0 Å². The molecule has 1 aliphatic rings. The molecular weight excluding hydrogens is 314 g/mol. The maximum atomic E-state index is 11.5. The Balaban J connectivity index is 1.85. The largest absolute Gasteiger partial charge is 0.460 e. The molecule has 11 nitrogen and oxygen atoms in total. The predicted octanol–water partition coefficient (Wildman–Crippen LogP) is -1.13. The minimum atomic E-state index is -1.55. The molecule has 0 aromatic heterocycles. The number of non-ortho nitro benzene ring substituents is 1. The summed E-state index contributed by atoms with van der Waals surface area (Å²) >= 11 is 0. The number of esters is 2. The molecule has 0 spiro atoms. The highest BCUT2D eigenvalue weighted by Gasteiger charge is 2.40. The lowest BCUT2D eigenvalue weighted by Gasteiger charge is -2.12. The first-order chi connectivity index (χ1) is 10.9. The third-order valence-electron chi connectivity index (χ3n) is 2.80. The molecule has 1 aromatic carbocycles. The Hall–Kier alpha value is -3.21. The van der Waals surface area contributed by atoms with E-state index in [1.807, 2.05) is 5.43 Å². The van der Waals surface area contributed by atoms with Crippen LogP contribution < -0.4 is 10.9 Å². The highest BCUT2D eigenvalue weighted by molar-refractivity contribution is 6.32. The van der Waals surface area contributed by atoms with Gasteiger partial charge in [-0.3, -0.25) is 25.8 Å². The van der Waals surface area contributed by atoms with E-state index in [2.05, 4.69) is 14.9 Å². The lowest BCUT2D eigenvalue weighted by Crippen LogP contribution is -2.41. The summed E-state index contributed by atoms with van der Waals surface area (Å²) in [6.45, 7) is -0.320. The quantitative estimate of drug-likeness (QED) is 0.269. The molecule has 2 atom stereocenters. The van der Waals surface area contributed by atoms with Gasteiger partial charge in [0, 0.05) is 12.1 Å². The molecule has 1 amide bonds. The van der Waals surface area contributed by atoms with Crippen molar-refractivity contribution in [2.75, 3.05) is 12.0 Å². The molecule has 1 heterocycles. The molecular formula is C12H11N3O8. The minimum Gasteiger partial charge on any atom is -0.460 e. The molecule has 0 unspecified atom stereocenters. The number of anilines is 1. The van der Waals surface area contributed by atoms with Crippen LogP contribution in [0.3, 0.4) is 0 Å². The van der Waals surface area contributed by atoms with Crippen LogP contribution in [0.4, 0.5) is 11.4 Å². The van der Waals surface area contributed by atoms with Gasteiger partial charge >= 0.3 is 17.8 Å². The zero-order valence-corrected chi connectivity index (χ0v) is 11.4. The lowest BCUT2D eigenvalue weighted by atomic mass is 10.2. The van der Waals surface area contributed by atoms with Crippen LogP contribution in [0, 0.1) is 10.1 Å². The van der Waals surface area contributed by atoms with Crippen LogP contribution >= 0.6 is 0 Å². The van der Waals surface area contributed by atoms with Gasteiger partial charge in [-0.1, -0.05) is 0 Å². The fourth-order valence-electron chi connectivity index (χ4n) is 1.64. The highest BCUT2D eigenvalue weighted by Crippen LogP contribution is 2.14. The minimum absolute atomic E-state index is 0.144. The molecule has 1 saturated heterocycles. The summed E-state index contributed by atoms with van der Waals surface area (Å²) in [5.74, 6) is -3.57. The van der Waals surface area contributed by atoms with Crippen molar-refractivity contribution in [1.29, 1.82) is 0 Å². The SMILES string of the molecule is O=C(NNc1ccc([N+](=O)[O-])cc1)C(=O)O[C@H]1C(=O)OC[C@@H]1O. The third-order valence-corrected chi connectivity index (χ3v) is 2.80. The second-order valence-corrected chi connectivity index (χ2v) is 4.41. The molecule has 1 fully saturated rings. The second-order valence-electron chi connectivity index (χ2n) is 4.41. The van der Waals surface area contributed by atoms with Gasteiger partial charge in [0.2, 0.25) is 6.10 Å². The molecule has 0 saturated carbocycles. The van der Waals surface area contributed by atoms with E-state index in [1.54, 1.807) is 0 Å². The Bertz CT molecular complexity index is 644. The van der Waals surface area contributed by atoms with Gasteiger partial charge in [-0.05, 0) is 12.1 Å². The van der Waals surface area contributed by atoms with E-state index in [4.69, 9.17) is 0 Å². The van der Waals surface area contributed by atoms with E-state index in [1.165, 1.54) is 24.3 Å². The van der Waals surface area contributed by atoms with E-state index < -0.39 is 35.0 Å². The average molecular weight is 325 g/mol. The van der Waals surface area contributed by atoms with Crippen LogP contribution in [0.5, 0.6) is 0 Å². The van der Waals surface area contributed by atoms with Crippen LogP contribution in [0.25, 0.3) is 0 Å². The lowest BCUT2D eigenvalue weighted by molar-refractivity contribution is -0.384. The molecule has 23 heavy (non-hydrogen) atoms. The van der Waals surface area contributed by atoms with Crippen molar-refractivity contribution >= 4 is 29.2 Å². The van der Waals surface area contributed by atoms with Gasteiger partial charge in [-0.25, -0.2) is 9.59 Å². The van der Waals surface area contributed by atoms with Crippen molar-refractivity contribution < 1.29 is 33.9 Å². The van der Waals surface area contributed by atoms with Gasteiger partial charge < -0.3 is 14.6 Å². The molecule has 1 aromatic rings. The highest BCUT2D eigenvalue weighted by atomic mass is 16.6. The number of nitrogens with zero attached hydrogens (tertiary/aromatic N) is 1.